The molecule has 1 heterocycles. The van der Waals surface area contributed by atoms with Crippen molar-refractivity contribution < 1.29 is 14.4 Å². The second-order valence-corrected chi connectivity index (χ2v) is 9.33. The summed E-state index contributed by atoms with van der Waals surface area (Å²) < 4.78 is 0. The van der Waals surface area contributed by atoms with Crippen molar-refractivity contribution in [1.29, 1.82) is 0 Å². The van der Waals surface area contributed by atoms with E-state index in [2.05, 4.69) is 12.1 Å². The first-order chi connectivity index (χ1) is 15.8. The molecule has 33 heavy (non-hydrogen) atoms. The Bertz CT molecular complexity index is 1010. The van der Waals surface area contributed by atoms with E-state index in [1.54, 1.807) is 28.8 Å². The van der Waals surface area contributed by atoms with Crippen LogP contribution < -0.4 is 9.80 Å². The van der Waals surface area contributed by atoms with E-state index in [0.717, 1.165) is 11.4 Å². The van der Waals surface area contributed by atoms with Gasteiger partial charge in [-0.2, -0.15) is 0 Å². The first-order valence-corrected chi connectivity index (χ1v) is 11.9. The molecule has 6 nitrogen and oxygen atoms in total. The average molecular weight is 448 g/mol. The summed E-state index contributed by atoms with van der Waals surface area (Å²) in [7, 11) is 3.50. The van der Waals surface area contributed by atoms with Gasteiger partial charge in [0, 0.05) is 50.9 Å². The Hall–Kier alpha value is -3.15. The number of amides is 3. The van der Waals surface area contributed by atoms with Crippen molar-refractivity contribution in [3.8, 4) is 0 Å². The van der Waals surface area contributed by atoms with E-state index >= 15 is 0 Å². The molecule has 0 spiro atoms. The fourth-order valence-electron chi connectivity index (χ4n) is 4.96. The Morgan fingerprint density at radius 1 is 0.909 bits per heavy atom. The van der Waals surface area contributed by atoms with Crippen molar-refractivity contribution in [3.63, 3.8) is 0 Å². The van der Waals surface area contributed by atoms with Crippen LogP contribution in [0.2, 0.25) is 0 Å². The van der Waals surface area contributed by atoms with E-state index in [4.69, 9.17) is 0 Å². The molecule has 1 aliphatic heterocycles. The zero-order valence-corrected chi connectivity index (χ0v) is 19.8. The van der Waals surface area contributed by atoms with Crippen molar-refractivity contribution in [1.82, 2.24) is 4.90 Å². The topological polar surface area (TPSA) is 60.9 Å². The third-order valence-corrected chi connectivity index (χ3v) is 7.24. The summed E-state index contributed by atoms with van der Waals surface area (Å²) in [6, 6.07) is 15.4. The Morgan fingerprint density at radius 2 is 1.55 bits per heavy atom. The second kappa shape index (κ2) is 9.77. The van der Waals surface area contributed by atoms with E-state index in [0.29, 0.717) is 24.4 Å². The molecule has 1 atom stereocenters. The Labute approximate surface area is 196 Å². The lowest BCUT2D eigenvalue weighted by molar-refractivity contribution is -0.129. The van der Waals surface area contributed by atoms with E-state index in [1.165, 1.54) is 44.6 Å². The van der Waals surface area contributed by atoms with Gasteiger partial charge in [-0.25, -0.2) is 0 Å². The fourth-order valence-corrected chi connectivity index (χ4v) is 4.96. The Kier molecular flexibility index (Phi) is 6.82. The monoisotopic (exact) mass is 447 g/mol. The van der Waals surface area contributed by atoms with Crippen LogP contribution in [0.4, 0.5) is 11.4 Å². The van der Waals surface area contributed by atoms with Crippen molar-refractivity contribution in [3.05, 3.63) is 59.7 Å². The molecule has 0 N–H and O–H groups in total. The van der Waals surface area contributed by atoms with Crippen molar-refractivity contribution >= 4 is 29.1 Å². The third-order valence-electron chi connectivity index (χ3n) is 7.24. The maximum Gasteiger partial charge on any atom is 0.258 e. The maximum atomic E-state index is 13.0. The molecule has 0 radical (unpaired) electrons. The first-order valence-electron chi connectivity index (χ1n) is 11.9. The number of hydrogen-bond acceptors (Lipinski definition) is 3. The van der Waals surface area contributed by atoms with E-state index in [-0.39, 0.29) is 23.8 Å². The fraction of sp³-hybridized carbons (Fsp3) is 0.444. The molecule has 0 aromatic heterocycles. The predicted molar refractivity (Wildman–Crippen MR) is 131 cm³/mol. The number of rotatable bonds is 5. The molecule has 2 aliphatic rings. The quantitative estimate of drug-likeness (QED) is 0.673. The van der Waals surface area contributed by atoms with E-state index in [1.807, 2.05) is 36.4 Å². The van der Waals surface area contributed by atoms with Gasteiger partial charge in [0.25, 0.3) is 5.91 Å². The number of carbonyl (C=O) groups is 3. The summed E-state index contributed by atoms with van der Waals surface area (Å²) in [5.41, 5.74) is 3.55. The number of anilines is 2. The van der Waals surface area contributed by atoms with Gasteiger partial charge in [0.2, 0.25) is 11.8 Å². The van der Waals surface area contributed by atoms with Gasteiger partial charge in [0.15, 0.2) is 0 Å². The largest absolute Gasteiger partial charge is 0.341 e. The summed E-state index contributed by atoms with van der Waals surface area (Å²) in [5, 5.41) is 0. The SMILES string of the molecule is CC(=O)N(C)C1CC(=O)N(c2ccc(N(C)C(=O)c3ccc(C4CCCCC4)cc3)cc2)C1. The minimum absolute atomic E-state index is 0.00309. The highest BCUT2D eigenvalue weighted by atomic mass is 16.2. The summed E-state index contributed by atoms with van der Waals surface area (Å²) in [4.78, 5) is 42.1. The van der Waals surface area contributed by atoms with Gasteiger partial charge in [-0.15, -0.1) is 0 Å². The van der Waals surface area contributed by atoms with Crippen LogP contribution in [0.5, 0.6) is 0 Å². The highest BCUT2D eigenvalue weighted by Gasteiger charge is 2.34. The average Bonchev–Trinajstić information content (AvgIpc) is 3.24. The number of carbonyl (C=O) groups excluding carboxylic acids is 3. The lowest BCUT2D eigenvalue weighted by Crippen LogP contribution is -2.37. The van der Waals surface area contributed by atoms with Gasteiger partial charge in [-0.05, 0) is 60.7 Å². The molecule has 1 saturated carbocycles. The summed E-state index contributed by atoms with van der Waals surface area (Å²) >= 11 is 0. The molecule has 6 heteroatoms. The standard InChI is InChI=1S/C27H33N3O3/c1-19(31)28(2)25-17-26(32)30(18-25)24-15-13-23(14-16-24)29(3)27(33)22-11-9-21(10-12-22)20-7-5-4-6-8-20/h9-16,20,25H,4-8,17-18H2,1-3H3. The molecule has 1 saturated heterocycles. The summed E-state index contributed by atoms with van der Waals surface area (Å²) in [6.45, 7) is 1.99. The molecular formula is C27H33N3O3. The smallest absolute Gasteiger partial charge is 0.258 e. The van der Waals surface area contributed by atoms with Crippen LogP contribution in [0.1, 0.15) is 67.3 Å². The van der Waals surface area contributed by atoms with Gasteiger partial charge >= 0.3 is 0 Å². The van der Waals surface area contributed by atoms with Crippen LogP contribution in [-0.2, 0) is 9.59 Å². The Morgan fingerprint density at radius 3 is 2.15 bits per heavy atom. The number of benzene rings is 2. The zero-order valence-electron chi connectivity index (χ0n) is 19.8. The molecule has 2 fully saturated rings. The Balaban J connectivity index is 1.41. The lowest BCUT2D eigenvalue weighted by atomic mass is 9.84. The van der Waals surface area contributed by atoms with E-state index < -0.39 is 0 Å². The molecule has 2 aromatic rings. The van der Waals surface area contributed by atoms with E-state index in [9.17, 15) is 14.4 Å². The summed E-state index contributed by atoms with van der Waals surface area (Å²) in [6.07, 6.45) is 6.73. The van der Waals surface area contributed by atoms with Gasteiger partial charge in [-0.3, -0.25) is 14.4 Å². The molecule has 0 bridgehead atoms. The zero-order chi connectivity index (χ0) is 23.5. The molecule has 1 unspecified atom stereocenters. The normalized spacial score (nSPS) is 18.9. The van der Waals surface area contributed by atoms with Crippen LogP contribution in [0.15, 0.2) is 48.5 Å². The lowest BCUT2D eigenvalue weighted by Gasteiger charge is -2.24. The number of hydrogen-bond donors (Lipinski definition) is 0. The van der Waals surface area contributed by atoms with Gasteiger partial charge in [-0.1, -0.05) is 31.4 Å². The predicted octanol–water partition coefficient (Wildman–Crippen LogP) is 4.59. The maximum absolute atomic E-state index is 13.0. The van der Waals surface area contributed by atoms with Crippen LogP contribution in [0.3, 0.4) is 0 Å². The van der Waals surface area contributed by atoms with Gasteiger partial charge in [0.05, 0.1) is 6.04 Å². The third kappa shape index (κ3) is 4.95. The highest BCUT2D eigenvalue weighted by Crippen LogP contribution is 2.33. The van der Waals surface area contributed by atoms with Gasteiger partial charge < -0.3 is 14.7 Å². The van der Waals surface area contributed by atoms with Gasteiger partial charge in [0.1, 0.15) is 0 Å². The number of nitrogens with zero attached hydrogens (tertiary/aromatic N) is 3. The van der Waals surface area contributed by atoms with Crippen LogP contribution in [0.25, 0.3) is 0 Å². The molecule has 2 aromatic carbocycles. The minimum Gasteiger partial charge on any atom is -0.341 e. The van der Waals surface area contributed by atoms with Crippen LogP contribution >= 0.6 is 0 Å². The highest BCUT2D eigenvalue weighted by molar-refractivity contribution is 6.06. The van der Waals surface area contributed by atoms with Crippen molar-refractivity contribution in [2.24, 2.45) is 0 Å². The molecule has 1 aliphatic carbocycles. The summed E-state index contributed by atoms with van der Waals surface area (Å²) in [5.74, 6) is 0.523. The minimum atomic E-state index is -0.115. The molecule has 4 rings (SSSR count). The molecular weight excluding hydrogens is 414 g/mol. The van der Waals surface area contributed by atoms with Crippen LogP contribution in [-0.4, -0.2) is 49.3 Å². The first kappa shape index (κ1) is 23.0. The van der Waals surface area contributed by atoms with Crippen molar-refractivity contribution in [2.45, 2.75) is 57.4 Å². The second-order valence-electron chi connectivity index (χ2n) is 9.33. The van der Waals surface area contributed by atoms with Crippen molar-refractivity contribution in [2.75, 3.05) is 30.4 Å². The number of likely N-dealkylation sites (N-methyl/N-ethyl adjacent to an activating group) is 1. The molecule has 174 valence electrons. The van der Waals surface area contributed by atoms with Crippen LogP contribution in [0, 0.1) is 0 Å². The molecule has 3 amide bonds.